The summed E-state index contributed by atoms with van der Waals surface area (Å²) in [6.07, 6.45) is 2.39. The number of benzene rings is 1. The van der Waals surface area contributed by atoms with Gasteiger partial charge in [0, 0.05) is 13.1 Å². The van der Waals surface area contributed by atoms with Crippen molar-refractivity contribution in [2.75, 3.05) is 31.9 Å². The normalized spacial score (nSPS) is 16.7. The largest absolute Gasteiger partial charge is 0.397 e. The van der Waals surface area contributed by atoms with Gasteiger partial charge in [0.2, 0.25) is 10.0 Å². The quantitative estimate of drug-likeness (QED) is 0.809. The minimum Gasteiger partial charge on any atom is -0.397 e. The second-order valence-electron chi connectivity index (χ2n) is 5.09. The van der Waals surface area contributed by atoms with Gasteiger partial charge in [0.15, 0.2) is 0 Å². The molecule has 7 heteroatoms. The monoisotopic (exact) mass is 317 g/mol. The lowest BCUT2D eigenvalue weighted by molar-refractivity contribution is 0.344. The van der Waals surface area contributed by atoms with Crippen LogP contribution in [0.4, 0.5) is 5.69 Å². The highest BCUT2D eigenvalue weighted by molar-refractivity contribution is 7.89. The SMILES string of the molecule is Cc1cc(Cl)c(N)cc1S(=O)(=O)NCCN1CCCC1. The van der Waals surface area contributed by atoms with Gasteiger partial charge in [-0.3, -0.25) is 0 Å². The second kappa shape index (κ2) is 6.30. The van der Waals surface area contributed by atoms with Crippen molar-refractivity contribution in [2.45, 2.75) is 24.7 Å². The summed E-state index contributed by atoms with van der Waals surface area (Å²) in [5.74, 6) is 0. The summed E-state index contributed by atoms with van der Waals surface area (Å²) < 4.78 is 27.1. The molecule has 5 nitrogen and oxygen atoms in total. The molecular weight excluding hydrogens is 298 g/mol. The number of hydrogen-bond acceptors (Lipinski definition) is 4. The van der Waals surface area contributed by atoms with E-state index in [-0.39, 0.29) is 10.6 Å². The fourth-order valence-corrected chi connectivity index (χ4v) is 3.88. The lowest BCUT2D eigenvalue weighted by Gasteiger charge is -2.15. The van der Waals surface area contributed by atoms with E-state index in [4.69, 9.17) is 17.3 Å². The van der Waals surface area contributed by atoms with E-state index in [0.29, 0.717) is 17.1 Å². The van der Waals surface area contributed by atoms with Gasteiger partial charge in [-0.1, -0.05) is 11.6 Å². The predicted molar refractivity (Wildman–Crippen MR) is 81.5 cm³/mol. The first kappa shape index (κ1) is 15.6. The Balaban J connectivity index is 2.04. The van der Waals surface area contributed by atoms with Crippen LogP contribution < -0.4 is 10.5 Å². The summed E-state index contributed by atoms with van der Waals surface area (Å²) in [5.41, 5.74) is 6.55. The molecule has 1 heterocycles. The molecule has 0 unspecified atom stereocenters. The Hall–Kier alpha value is -0.820. The molecule has 0 radical (unpaired) electrons. The van der Waals surface area contributed by atoms with Gasteiger partial charge in [-0.05, 0) is 50.6 Å². The minimum atomic E-state index is -3.54. The van der Waals surface area contributed by atoms with Crippen LogP contribution in [0.5, 0.6) is 0 Å². The first-order valence-electron chi connectivity index (χ1n) is 6.68. The number of nitrogens with two attached hydrogens (primary N) is 1. The molecule has 3 N–H and O–H groups in total. The van der Waals surface area contributed by atoms with E-state index in [1.54, 1.807) is 13.0 Å². The van der Waals surface area contributed by atoms with Crippen molar-refractivity contribution in [2.24, 2.45) is 0 Å². The van der Waals surface area contributed by atoms with Gasteiger partial charge < -0.3 is 10.6 Å². The van der Waals surface area contributed by atoms with Gasteiger partial charge in [0.25, 0.3) is 0 Å². The maximum Gasteiger partial charge on any atom is 0.240 e. The van der Waals surface area contributed by atoms with Crippen molar-refractivity contribution in [1.29, 1.82) is 0 Å². The molecule has 2 rings (SSSR count). The molecule has 1 aromatic rings. The van der Waals surface area contributed by atoms with Crippen LogP contribution in [0.15, 0.2) is 17.0 Å². The van der Waals surface area contributed by atoms with Crippen LogP contribution in [0.1, 0.15) is 18.4 Å². The summed E-state index contributed by atoms with van der Waals surface area (Å²) in [6.45, 7) is 4.95. The second-order valence-corrected chi connectivity index (χ2v) is 7.23. The van der Waals surface area contributed by atoms with E-state index in [0.717, 1.165) is 19.6 Å². The molecule has 20 heavy (non-hydrogen) atoms. The Morgan fingerprint density at radius 3 is 2.65 bits per heavy atom. The highest BCUT2D eigenvalue weighted by atomic mass is 35.5. The van der Waals surface area contributed by atoms with Gasteiger partial charge in [0.1, 0.15) is 0 Å². The molecule has 0 aromatic heterocycles. The fraction of sp³-hybridized carbons (Fsp3) is 0.538. The number of sulfonamides is 1. The lowest BCUT2D eigenvalue weighted by Crippen LogP contribution is -2.33. The number of rotatable bonds is 5. The zero-order valence-corrected chi connectivity index (χ0v) is 13.1. The number of halogens is 1. The summed E-state index contributed by atoms with van der Waals surface area (Å²) in [6, 6.07) is 2.99. The van der Waals surface area contributed by atoms with Crippen molar-refractivity contribution >= 4 is 27.3 Å². The zero-order valence-electron chi connectivity index (χ0n) is 11.5. The maximum atomic E-state index is 12.3. The summed E-state index contributed by atoms with van der Waals surface area (Å²) in [4.78, 5) is 2.45. The summed E-state index contributed by atoms with van der Waals surface area (Å²) in [7, 11) is -3.54. The van der Waals surface area contributed by atoms with E-state index in [2.05, 4.69) is 9.62 Å². The third-order valence-corrected chi connectivity index (χ3v) is 5.43. The van der Waals surface area contributed by atoms with Crippen molar-refractivity contribution in [3.8, 4) is 0 Å². The molecular formula is C13H20ClN3O2S. The average molecular weight is 318 g/mol. The standard InChI is InChI=1S/C13H20ClN3O2S/c1-10-8-11(14)12(15)9-13(10)20(18,19)16-4-7-17-5-2-3-6-17/h8-9,16H,2-7,15H2,1H3. The minimum absolute atomic E-state index is 0.195. The van der Waals surface area contributed by atoms with Crippen LogP contribution in [-0.2, 0) is 10.0 Å². The predicted octanol–water partition coefficient (Wildman–Crippen LogP) is 1.60. The van der Waals surface area contributed by atoms with Crippen LogP contribution in [0.25, 0.3) is 0 Å². The molecule has 0 saturated carbocycles. The van der Waals surface area contributed by atoms with E-state index in [1.807, 2.05) is 0 Å². The smallest absolute Gasteiger partial charge is 0.240 e. The molecule has 112 valence electrons. The number of aryl methyl sites for hydroxylation is 1. The Bertz CT molecular complexity index is 584. The van der Waals surface area contributed by atoms with E-state index in [9.17, 15) is 8.42 Å². The third kappa shape index (κ3) is 3.63. The van der Waals surface area contributed by atoms with Gasteiger partial charge >= 0.3 is 0 Å². The summed E-state index contributed by atoms with van der Waals surface area (Å²) in [5, 5.41) is 0.374. The number of nitrogens with zero attached hydrogens (tertiary/aromatic N) is 1. The number of nitrogen functional groups attached to an aromatic ring is 1. The molecule has 1 aromatic carbocycles. The van der Waals surface area contributed by atoms with Crippen LogP contribution >= 0.6 is 11.6 Å². The molecule has 0 bridgehead atoms. The Kier molecular flexibility index (Phi) is 4.90. The zero-order chi connectivity index (χ0) is 14.8. The van der Waals surface area contributed by atoms with Gasteiger partial charge in [-0.2, -0.15) is 0 Å². The van der Waals surface area contributed by atoms with Crippen molar-refractivity contribution < 1.29 is 8.42 Å². The molecule has 0 atom stereocenters. The van der Waals surface area contributed by atoms with Gasteiger partial charge in [-0.15, -0.1) is 0 Å². The Morgan fingerprint density at radius 1 is 1.35 bits per heavy atom. The van der Waals surface area contributed by atoms with E-state index in [1.165, 1.54) is 18.9 Å². The molecule has 0 amide bonds. The molecule has 0 aliphatic carbocycles. The molecule has 1 aliphatic heterocycles. The molecule has 0 spiro atoms. The third-order valence-electron chi connectivity index (χ3n) is 3.50. The van der Waals surface area contributed by atoms with Crippen molar-refractivity contribution in [3.05, 3.63) is 22.7 Å². The van der Waals surface area contributed by atoms with E-state index < -0.39 is 10.0 Å². The van der Waals surface area contributed by atoms with Crippen LogP contribution in [0.3, 0.4) is 0 Å². The van der Waals surface area contributed by atoms with Crippen LogP contribution in [-0.4, -0.2) is 39.5 Å². The number of likely N-dealkylation sites (tertiary alicyclic amines) is 1. The fourth-order valence-electron chi connectivity index (χ4n) is 2.38. The number of nitrogens with one attached hydrogen (secondary N) is 1. The lowest BCUT2D eigenvalue weighted by atomic mass is 10.2. The van der Waals surface area contributed by atoms with Crippen LogP contribution in [0, 0.1) is 6.92 Å². The first-order chi connectivity index (χ1) is 9.40. The Morgan fingerprint density at radius 2 is 2.00 bits per heavy atom. The number of hydrogen-bond donors (Lipinski definition) is 2. The molecule has 1 aliphatic rings. The first-order valence-corrected chi connectivity index (χ1v) is 8.54. The van der Waals surface area contributed by atoms with Crippen LogP contribution in [0.2, 0.25) is 5.02 Å². The van der Waals surface area contributed by atoms with Crippen molar-refractivity contribution in [3.63, 3.8) is 0 Å². The highest BCUT2D eigenvalue weighted by Gasteiger charge is 2.19. The van der Waals surface area contributed by atoms with Gasteiger partial charge in [-0.25, -0.2) is 13.1 Å². The van der Waals surface area contributed by atoms with Crippen molar-refractivity contribution in [1.82, 2.24) is 9.62 Å². The Labute approximate surface area is 125 Å². The molecule has 1 fully saturated rings. The summed E-state index contributed by atoms with van der Waals surface area (Å²) >= 11 is 5.88. The molecule has 1 saturated heterocycles. The highest BCUT2D eigenvalue weighted by Crippen LogP contribution is 2.25. The number of anilines is 1. The topological polar surface area (TPSA) is 75.4 Å². The van der Waals surface area contributed by atoms with E-state index >= 15 is 0 Å². The van der Waals surface area contributed by atoms with Gasteiger partial charge in [0.05, 0.1) is 15.6 Å². The average Bonchev–Trinajstić information content (AvgIpc) is 2.86. The maximum absolute atomic E-state index is 12.3.